The van der Waals surface area contributed by atoms with E-state index < -0.39 is 11.7 Å². The molecule has 0 fully saturated rings. The number of aromatic nitrogens is 1. The summed E-state index contributed by atoms with van der Waals surface area (Å²) in [5, 5.41) is 3.63. The number of benzene rings is 3. The van der Waals surface area contributed by atoms with Crippen molar-refractivity contribution in [2.75, 3.05) is 5.32 Å². The molecule has 3 aromatic carbocycles. The molecule has 0 spiro atoms. The quantitative estimate of drug-likeness (QED) is 0.383. The van der Waals surface area contributed by atoms with Gasteiger partial charge in [-0.2, -0.15) is 0 Å². The molecule has 1 heterocycles. The molecule has 4 aromatic rings. The Morgan fingerprint density at radius 1 is 0.964 bits per heavy atom. The lowest BCUT2D eigenvalue weighted by molar-refractivity contribution is 0.102. The largest absolute Gasteiger partial charge is 0.436 e. The fourth-order valence-corrected chi connectivity index (χ4v) is 3.28. The van der Waals surface area contributed by atoms with Crippen LogP contribution in [0.4, 0.5) is 10.1 Å². The van der Waals surface area contributed by atoms with E-state index in [4.69, 9.17) is 39.2 Å². The van der Waals surface area contributed by atoms with Gasteiger partial charge in [0, 0.05) is 10.7 Å². The SMILES string of the molecule is O=C(Nc1ccc2oc(-c3ccc(F)cc3Cl)nc2c1)c1cc(Cl)ccc1Cl. The number of amides is 1. The molecule has 28 heavy (non-hydrogen) atoms. The van der Waals surface area contributed by atoms with E-state index in [1.807, 2.05) is 0 Å². The second-order valence-electron chi connectivity index (χ2n) is 5.90. The number of hydrogen-bond acceptors (Lipinski definition) is 3. The molecule has 1 aromatic heterocycles. The van der Waals surface area contributed by atoms with Gasteiger partial charge in [0.15, 0.2) is 5.58 Å². The maximum absolute atomic E-state index is 13.2. The Labute approximate surface area is 173 Å². The summed E-state index contributed by atoms with van der Waals surface area (Å²) >= 11 is 18.1. The highest BCUT2D eigenvalue weighted by atomic mass is 35.5. The highest BCUT2D eigenvalue weighted by molar-refractivity contribution is 6.36. The Bertz CT molecular complexity index is 1220. The fourth-order valence-electron chi connectivity index (χ4n) is 2.65. The van der Waals surface area contributed by atoms with Crippen LogP contribution >= 0.6 is 34.8 Å². The lowest BCUT2D eigenvalue weighted by Crippen LogP contribution is -2.12. The van der Waals surface area contributed by atoms with Crippen molar-refractivity contribution in [2.24, 2.45) is 0 Å². The molecule has 4 rings (SSSR count). The predicted molar refractivity (Wildman–Crippen MR) is 109 cm³/mol. The third-order valence-electron chi connectivity index (χ3n) is 3.98. The third kappa shape index (κ3) is 3.69. The number of carbonyl (C=O) groups excluding carboxylic acids is 1. The van der Waals surface area contributed by atoms with Crippen LogP contribution < -0.4 is 5.32 Å². The van der Waals surface area contributed by atoms with Crippen LogP contribution in [0.5, 0.6) is 0 Å². The van der Waals surface area contributed by atoms with Crippen LogP contribution in [-0.4, -0.2) is 10.9 Å². The molecule has 140 valence electrons. The van der Waals surface area contributed by atoms with Gasteiger partial charge in [-0.15, -0.1) is 0 Å². The summed E-state index contributed by atoms with van der Waals surface area (Å²) in [6, 6.07) is 13.6. The first-order valence-corrected chi connectivity index (χ1v) is 9.16. The van der Waals surface area contributed by atoms with Gasteiger partial charge in [0.2, 0.25) is 5.89 Å². The van der Waals surface area contributed by atoms with Crippen molar-refractivity contribution in [1.82, 2.24) is 4.98 Å². The molecule has 1 N–H and O–H groups in total. The second kappa shape index (κ2) is 7.43. The first-order chi connectivity index (χ1) is 13.4. The average molecular weight is 436 g/mol. The van der Waals surface area contributed by atoms with E-state index in [-0.39, 0.29) is 21.5 Å². The van der Waals surface area contributed by atoms with Gasteiger partial charge in [0.05, 0.1) is 21.2 Å². The number of nitrogens with one attached hydrogen (secondary N) is 1. The Morgan fingerprint density at radius 3 is 2.57 bits per heavy atom. The van der Waals surface area contributed by atoms with E-state index in [1.165, 1.54) is 24.3 Å². The van der Waals surface area contributed by atoms with E-state index in [1.54, 1.807) is 30.3 Å². The standard InChI is InChI=1S/C20H10Cl3FN2O2/c21-10-1-5-15(22)14(7-10)19(27)25-12-3-6-18-17(9-12)26-20(28-18)13-4-2-11(24)8-16(13)23/h1-9H,(H,25,27). The van der Waals surface area contributed by atoms with E-state index in [0.29, 0.717) is 27.4 Å². The van der Waals surface area contributed by atoms with Crippen LogP contribution in [-0.2, 0) is 0 Å². The molecule has 8 heteroatoms. The number of halogens is 4. The molecule has 0 aliphatic heterocycles. The minimum Gasteiger partial charge on any atom is -0.436 e. The zero-order chi connectivity index (χ0) is 19.8. The maximum Gasteiger partial charge on any atom is 0.257 e. The van der Waals surface area contributed by atoms with E-state index in [9.17, 15) is 9.18 Å². The highest BCUT2D eigenvalue weighted by Crippen LogP contribution is 2.31. The molecule has 4 nitrogen and oxygen atoms in total. The van der Waals surface area contributed by atoms with Gasteiger partial charge in [-0.1, -0.05) is 34.8 Å². The summed E-state index contributed by atoms with van der Waals surface area (Å²) in [5.41, 5.74) is 2.22. The molecule has 0 unspecified atom stereocenters. The molecule has 1 amide bonds. The number of anilines is 1. The van der Waals surface area contributed by atoms with Gasteiger partial charge in [0.1, 0.15) is 11.3 Å². The van der Waals surface area contributed by atoms with Gasteiger partial charge >= 0.3 is 0 Å². The second-order valence-corrected chi connectivity index (χ2v) is 7.15. The van der Waals surface area contributed by atoms with Crippen molar-refractivity contribution in [3.63, 3.8) is 0 Å². The Balaban J connectivity index is 1.65. The maximum atomic E-state index is 13.2. The van der Waals surface area contributed by atoms with Crippen molar-refractivity contribution < 1.29 is 13.6 Å². The third-order valence-corrected chi connectivity index (χ3v) is 4.86. The van der Waals surface area contributed by atoms with Gasteiger partial charge < -0.3 is 9.73 Å². The smallest absolute Gasteiger partial charge is 0.257 e. The van der Waals surface area contributed by atoms with Crippen molar-refractivity contribution in [2.45, 2.75) is 0 Å². The van der Waals surface area contributed by atoms with Crippen LogP contribution in [0.15, 0.2) is 59.0 Å². The molecule has 0 aliphatic rings. The molecule has 0 saturated carbocycles. The van der Waals surface area contributed by atoms with E-state index >= 15 is 0 Å². The topological polar surface area (TPSA) is 55.1 Å². The number of carbonyl (C=O) groups is 1. The Kier molecular flexibility index (Phi) is 4.98. The number of oxazole rings is 1. The molecule has 0 saturated heterocycles. The summed E-state index contributed by atoms with van der Waals surface area (Å²) < 4.78 is 18.9. The molecular formula is C20H10Cl3FN2O2. The number of rotatable bonds is 3. The van der Waals surface area contributed by atoms with Gasteiger partial charge in [-0.3, -0.25) is 4.79 Å². The monoisotopic (exact) mass is 434 g/mol. The van der Waals surface area contributed by atoms with E-state index in [2.05, 4.69) is 10.3 Å². The van der Waals surface area contributed by atoms with Crippen LogP contribution in [0.3, 0.4) is 0 Å². The first kappa shape index (κ1) is 18.7. The summed E-state index contributed by atoms with van der Waals surface area (Å²) in [6.07, 6.45) is 0. The van der Waals surface area contributed by atoms with Gasteiger partial charge in [-0.25, -0.2) is 9.37 Å². The summed E-state index contributed by atoms with van der Waals surface area (Å²) in [4.78, 5) is 16.8. The minimum atomic E-state index is -0.450. The fraction of sp³-hybridized carbons (Fsp3) is 0. The van der Waals surface area contributed by atoms with Crippen LogP contribution in [0.2, 0.25) is 15.1 Å². The number of hydrogen-bond donors (Lipinski definition) is 1. The lowest BCUT2D eigenvalue weighted by Gasteiger charge is -2.07. The summed E-state index contributed by atoms with van der Waals surface area (Å²) in [6.45, 7) is 0. The zero-order valence-electron chi connectivity index (χ0n) is 14.0. The van der Waals surface area contributed by atoms with Crippen LogP contribution in [0.1, 0.15) is 10.4 Å². The Morgan fingerprint density at radius 2 is 1.79 bits per heavy atom. The average Bonchev–Trinajstić information content (AvgIpc) is 3.06. The molecule has 0 radical (unpaired) electrons. The van der Waals surface area contributed by atoms with Gasteiger partial charge in [-0.05, 0) is 54.6 Å². The van der Waals surface area contributed by atoms with Crippen LogP contribution in [0.25, 0.3) is 22.6 Å². The predicted octanol–water partition coefficient (Wildman–Crippen LogP) is 6.85. The van der Waals surface area contributed by atoms with Crippen molar-refractivity contribution in [1.29, 1.82) is 0 Å². The zero-order valence-corrected chi connectivity index (χ0v) is 16.2. The van der Waals surface area contributed by atoms with Crippen LogP contribution in [0, 0.1) is 5.82 Å². The highest BCUT2D eigenvalue weighted by Gasteiger charge is 2.15. The minimum absolute atomic E-state index is 0.190. The molecule has 0 aliphatic carbocycles. The number of nitrogens with zero attached hydrogens (tertiary/aromatic N) is 1. The normalized spacial score (nSPS) is 11.0. The van der Waals surface area contributed by atoms with E-state index in [0.717, 1.165) is 0 Å². The van der Waals surface area contributed by atoms with Gasteiger partial charge in [0.25, 0.3) is 5.91 Å². The van der Waals surface area contributed by atoms with Crippen molar-refractivity contribution in [3.05, 3.63) is 81.0 Å². The van der Waals surface area contributed by atoms with Crippen molar-refractivity contribution in [3.8, 4) is 11.5 Å². The van der Waals surface area contributed by atoms with Crippen molar-refractivity contribution >= 4 is 57.5 Å². The molecular weight excluding hydrogens is 426 g/mol. The number of fused-ring (bicyclic) bond motifs is 1. The lowest BCUT2D eigenvalue weighted by atomic mass is 10.2. The summed E-state index contributed by atoms with van der Waals surface area (Å²) in [5.74, 6) is -0.604. The molecule has 0 atom stereocenters. The molecule has 0 bridgehead atoms. The summed E-state index contributed by atoms with van der Waals surface area (Å²) in [7, 11) is 0. The first-order valence-electron chi connectivity index (χ1n) is 8.03. The Hall–Kier alpha value is -2.60.